The second-order valence-electron chi connectivity index (χ2n) is 35.8. The maximum atomic E-state index is 14.1. The largest absolute Gasteiger partial charge is 0.289 e. The van der Waals surface area contributed by atoms with Gasteiger partial charge in [0.15, 0.2) is 11.6 Å². The van der Waals surface area contributed by atoms with Gasteiger partial charge in [-0.05, 0) is 311 Å². The first kappa shape index (κ1) is 69.6. The van der Waals surface area contributed by atoms with Crippen LogP contribution >= 0.6 is 22.7 Å². The van der Waals surface area contributed by atoms with E-state index < -0.39 is 0 Å². The summed E-state index contributed by atoms with van der Waals surface area (Å²) >= 11 is 3.72. The number of ketones is 2. The van der Waals surface area contributed by atoms with Crippen molar-refractivity contribution < 1.29 is 9.59 Å². The molecule has 4 heteroatoms. The number of thiophene rings is 2. The molecule has 0 amide bonds. The zero-order chi connectivity index (χ0) is 83.6. The number of fused-ring (bicyclic) bond motifs is 19. The summed E-state index contributed by atoms with van der Waals surface area (Å²) in [6, 6.07) is 130. The van der Waals surface area contributed by atoms with Crippen LogP contribution in [0.25, 0.3) is 294 Å². The topological polar surface area (TPSA) is 34.1 Å². The first-order chi connectivity index (χ1) is 63.3. The van der Waals surface area contributed by atoms with E-state index in [1.165, 1.54) is 272 Å². The smallest absolute Gasteiger partial charge is 0.194 e. The summed E-state index contributed by atoms with van der Waals surface area (Å²) in [7, 11) is 0. The van der Waals surface area contributed by atoms with Crippen molar-refractivity contribution in [3.8, 4) is 132 Å². The molecule has 0 saturated heterocycles. The van der Waals surface area contributed by atoms with Crippen LogP contribution in [0.1, 0.15) is 43.0 Å². The van der Waals surface area contributed by atoms with Gasteiger partial charge in [0.25, 0.3) is 0 Å². The van der Waals surface area contributed by atoms with Crippen molar-refractivity contribution in [3.63, 3.8) is 0 Å². The van der Waals surface area contributed by atoms with E-state index in [-0.39, 0.29) is 11.6 Å². The SMILES string of the molecule is Cc1ccsc1-c1c2c(c(-c3sccc3C)c3ccccc13)-c1ccc3c4ccc5c6ccc7c8c(ccc(c9ccc(c%10ccc-2c1c%103)c4c95)c86)C(=O)c1ccccc1-7.O=C1c2ccccc2-c2ccc3c4ccc5c6ccc7c8c(ccc(c9ccc(c%10ccc1c2c%103)c4c95)c86)-c1c(-c2ccccc2)c(-c2ccccc2)c(-c2ccccc2)c(-c2ccccc2)c1-7. The quantitative estimate of drug-likeness (QED) is 0.123. The van der Waals surface area contributed by atoms with E-state index in [2.05, 4.69) is 340 Å². The predicted octanol–water partition coefficient (Wildman–Crippen LogP) is 34.9. The summed E-state index contributed by atoms with van der Waals surface area (Å²) in [6.45, 7) is 4.53. The summed E-state index contributed by atoms with van der Waals surface area (Å²) in [6.07, 6.45) is 0. The second kappa shape index (κ2) is 25.0. The Kier molecular flexibility index (Phi) is 13.6. The van der Waals surface area contributed by atoms with Gasteiger partial charge in [0, 0.05) is 65.0 Å². The number of hydrogen-bond acceptors (Lipinski definition) is 4. The third kappa shape index (κ3) is 8.67. The molecule has 0 unspecified atom stereocenters. The molecule has 128 heavy (non-hydrogen) atoms. The van der Waals surface area contributed by atoms with E-state index in [4.69, 9.17) is 0 Å². The Morgan fingerprint density at radius 2 is 0.352 bits per heavy atom. The zero-order valence-electron chi connectivity index (χ0n) is 69.3. The molecule has 27 aromatic rings. The highest BCUT2D eigenvalue weighted by atomic mass is 32.1. The first-order valence-electron chi connectivity index (χ1n) is 44.3. The second-order valence-corrected chi connectivity index (χ2v) is 37.6. The van der Waals surface area contributed by atoms with E-state index in [9.17, 15) is 9.59 Å². The minimum atomic E-state index is 0.107. The molecule has 0 atom stereocenters. The van der Waals surface area contributed by atoms with Gasteiger partial charge in [-0.25, -0.2) is 0 Å². The average molecular weight is 1650 g/mol. The Labute approximate surface area is 741 Å². The molecule has 2 aromatic heterocycles. The van der Waals surface area contributed by atoms with Crippen molar-refractivity contribution in [1.82, 2.24) is 0 Å². The number of aryl methyl sites for hydroxylation is 2. The maximum absolute atomic E-state index is 14.1. The maximum Gasteiger partial charge on any atom is 0.194 e. The van der Waals surface area contributed by atoms with Crippen LogP contribution in [0.5, 0.6) is 0 Å². The Balaban J connectivity index is 0.000000125. The zero-order valence-corrected chi connectivity index (χ0v) is 70.9. The van der Waals surface area contributed by atoms with E-state index in [0.29, 0.717) is 0 Å². The van der Waals surface area contributed by atoms with Gasteiger partial charge in [-0.15, -0.1) is 22.7 Å². The molecular weight excluding hydrogens is 1590 g/mol. The van der Waals surface area contributed by atoms with E-state index in [1.54, 1.807) is 0 Å². The van der Waals surface area contributed by atoms with Crippen molar-refractivity contribution in [2.75, 3.05) is 0 Å². The highest BCUT2D eigenvalue weighted by Gasteiger charge is 2.39. The number of rotatable bonds is 6. The highest BCUT2D eigenvalue weighted by Crippen LogP contribution is 2.66. The van der Waals surface area contributed by atoms with Crippen LogP contribution in [0, 0.1) is 13.8 Å². The van der Waals surface area contributed by atoms with Crippen LogP contribution in [0.15, 0.2) is 363 Å². The fourth-order valence-corrected chi connectivity index (χ4v) is 26.9. The summed E-state index contributed by atoms with van der Waals surface area (Å²) in [5.41, 5.74) is 33.3. The van der Waals surface area contributed by atoms with Crippen molar-refractivity contribution in [1.29, 1.82) is 0 Å². The molecule has 586 valence electrons. The van der Waals surface area contributed by atoms with Gasteiger partial charge in [0.1, 0.15) is 0 Å². The lowest BCUT2D eigenvalue weighted by molar-refractivity contribution is 0.103. The Morgan fingerprint density at radius 3 is 0.617 bits per heavy atom. The molecule has 0 N–H and O–H groups in total. The number of benzene rings is 25. The predicted molar refractivity (Wildman–Crippen MR) is 545 cm³/mol. The molecule has 2 nitrogen and oxygen atoms in total. The molecule has 4 aliphatic rings. The molecule has 0 fully saturated rings. The number of hydrogen-bond donors (Lipinski definition) is 0. The van der Waals surface area contributed by atoms with Crippen LogP contribution in [-0.4, -0.2) is 11.6 Å². The van der Waals surface area contributed by atoms with Crippen LogP contribution < -0.4 is 0 Å². The molecule has 0 radical (unpaired) electrons. The van der Waals surface area contributed by atoms with Crippen molar-refractivity contribution in [2.45, 2.75) is 13.8 Å². The third-order valence-corrected chi connectivity index (χ3v) is 32.0. The standard InChI is InChI=1S/C67H36O.C57H30OS2/c68-67-51-24-14-13-23-41(51)42-25-26-47-43-27-28-44-48-31-34-52-64-53(35-32-49(62(48)64)45-29-30-46(59(43)60(44)45)50-33-36-54(67)63(42)61(47)50)66-58(40-21-11-4-12-22-40)56(38-17-7-2-8-18-38)55(37-15-5-1-6-16-37)57(65(52)66)39-19-9-3-10-20-39;1-27-23-25-59-56(27)53-30-8-4-5-9-31(30)54(57-28(2)24-26-60-57)52-43-21-18-39-35-15-16-36-40-19-22-44-49-32(29-7-3-6-10-41(29)55(44)58)11-12-37(47(40)49)33-13-14-34(46(35)45(33)36)38-17-20-42(51(52)53)50(43)48(38)39/h1-36H;3-26H,1-2H3. The van der Waals surface area contributed by atoms with E-state index in [0.717, 1.165) is 55.3 Å². The Hall–Kier alpha value is -15.8. The Morgan fingerprint density at radius 1 is 0.148 bits per heavy atom. The van der Waals surface area contributed by atoms with Gasteiger partial charge in [-0.2, -0.15) is 0 Å². The molecular formula is C124H66O2S2. The number of carbonyl (C=O) groups is 2. The molecule has 25 aromatic carbocycles. The Bertz CT molecular complexity index is 9390. The highest BCUT2D eigenvalue weighted by molar-refractivity contribution is 7.14. The van der Waals surface area contributed by atoms with Crippen LogP contribution in [0.4, 0.5) is 0 Å². The third-order valence-electron chi connectivity index (χ3n) is 29.9. The summed E-state index contributed by atoms with van der Waals surface area (Å²) < 4.78 is 0. The minimum Gasteiger partial charge on any atom is -0.289 e. The normalized spacial score (nSPS) is 13.0. The van der Waals surface area contributed by atoms with Crippen LogP contribution in [0.3, 0.4) is 0 Å². The van der Waals surface area contributed by atoms with Gasteiger partial charge < -0.3 is 0 Å². The van der Waals surface area contributed by atoms with E-state index >= 15 is 0 Å². The summed E-state index contributed by atoms with van der Waals surface area (Å²) in [5, 5.41) is 42.4. The lowest BCUT2D eigenvalue weighted by atomic mass is 9.76. The van der Waals surface area contributed by atoms with Gasteiger partial charge >= 0.3 is 0 Å². The van der Waals surface area contributed by atoms with Gasteiger partial charge in [-0.3, -0.25) is 9.59 Å². The molecule has 0 saturated carbocycles. The van der Waals surface area contributed by atoms with Gasteiger partial charge in [0.05, 0.1) is 0 Å². The molecule has 31 rings (SSSR count). The van der Waals surface area contributed by atoms with Crippen molar-refractivity contribution in [2.24, 2.45) is 0 Å². The molecule has 4 aliphatic carbocycles. The number of carbonyl (C=O) groups excluding carboxylic acids is 2. The molecule has 0 spiro atoms. The summed E-state index contributed by atoms with van der Waals surface area (Å²) in [5.74, 6) is 0.222. The molecule has 0 bridgehead atoms. The van der Waals surface area contributed by atoms with Crippen molar-refractivity contribution in [3.05, 3.63) is 396 Å². The fraction of sp³-hybridized carbons (Fsp3) is 0.0161. The molecule has 2 heterocycles. The fourth-order valence-electron chi connectivity index (χ4n) is 24.9. The lowest BCUT2D eigenvalue weighted by Crippen LogP contribution is -2.10. The van der Waals surface area contributed by atoms with E-state index in [1.807, 2.05) is 59.1 Å². The van der Waals surface area contributed by atoms with Crippen LogP contribution in [0.2, 0.25) is 0 Å². The van der Waals surface area contributed by atoms with Crippen LogP contribution in [-0.2, 0) is 0 Å². The first-order valence-corrected chi connectivity index (χ1v) is 46.1. The molecule has 0 aliphatic heterocycles. The monoisotopic (exact) mass is 1650 g/mol. The average Bonchev–Trinajstić information content (AvgIpc) is 1.36. The minimum absolute atomic E-state index is 0.107. The lowest BCUT2D eigenvalue weighted by Gasteiger charge is -2.26. The van der Waals surface area contributed by atoms with Crippen molar-refractivity contribution >= 4 is 196 Å². The summed E-state index contributed by atoms with van der Waals surface area (Å²) in [4.78, 5) is 30.8. The van der Waals surface area contributed by atoms with Gasteiger partial charge in [-0.1, -0.05) is 328 Å². The van der Waals surface area contributed by atoms with Gasteiger partial charge in [0.2, 0.25) is 0 Å².